The topological polar surface area (TPSA) is 75.7 Å². The van der Waals surface area contributed by atoms with Crippen LogP contribution in [0.2, 0.25) is 0 Å². The molecule has 160 valence electrons. The number of nitrogens with zero attached hydrogens (tertiary/aromatic N) is 1. The van der Waals surface area contributed by atoms with Crippen molar-refractivity contribution in [2.75, 3.05) is 5.32 Å². The summed E-state index contributed by atoms with van der Waals surface area (Å²) < 4.78 is 5.44. The molecule has 4 rings (SSSR count). The number of esters is 1. The van der Waals surface area contributed by atoms with Gasteiger partial charge in [-0.15, -0.1) is 0 Å². The second kappa shape index (κ2) is 8.94. The van der Waals surface area contributed by atoms with Gasteiger partial charge in [0, 0.05) is 11.7 Å². The van der Waals surface area contributed by atoms with Crippen LogP contribution < -0.4 is 10.1 Å². The number of anilines is 1. The smallest absolute Gasteiger partial charge is 0.343 e. The standard InChI is InChI=1S/C24H23ClN2O4/c1-15-7-5-6-10-19(15)31-24(30)16-11-13-17(14-12-16)26-21-20(25)22(28)27(23(21)29)18-8-3-2-4-9-18/h5-7,10-14,18,26H,2-4,8-9H2,1H3. The minimum Gasteiger partial charge on any atom is -0.423 e. The number of halogens is 1. The number of hydrogen-bond acceptors (Lipinski definition) is 5. The Morgan fingerprint density at radius 2 is 1.68 bits per heavy atom. The molecule has 1 saturated carbocycles. The summed E-state index contributed by atoms with van der Waals surface area (Å²) in [6.45, 7) is 1.86. The van der Waals surface area contributed by atoms with E-state index in [1.807, 2.05) is 19.1 Å². The van der Waals surface area contributed by atoms with Crippen molar-refractivity contribution in [3.63, 3.8) is 0 Å². The van der Waals surface area contributed by atoms with Gasteiger partial charge in [-0.3, -0.25) is 14.5 Å². The van der Waals surface area contributed by atoms with Gasteiger partial charge in [0.2, 0.25) is 0 Å². The van der Waals surface area contributed by atoms with Crippen LogP contribution in [0.15, 0.2) is 59.3 Å². The number of nitrogens with one attached hydrogen (secondary N) is 1. The van der Waals surface area contributed by atoms with Crippen molar-refractivity contribution in [2.24, 2.45) is 0 Å². The van der Waals surface area contributed by atoms with Gasteiger partial charge in [0.05, 0.1) is 5.56 Å². The van der Waals surface area contributed by atoms with E-state index in [1.165, 1.54) is 4.90 Å². The molecule has 0 unspecified atom stereocenters. The van der Waals surface area contributed by atoms with E-state index in [-0.39, 0.29) is 16.8 Å². The third-order valence-corrected chi connectivity index (χ3v) is 6.04. The Bertz CT molecular complexity index is 1060. The third-order valence-electron chi connectivity index (χ3n) is 5.68. The second-order valence-electron chi connectivity index (χ2n) is 7.82. The number of imide groups is 1. The van der Waals surface area contributed by atoms with Crippen molar-refractivity contribution < 1.29 is 19.1 Å². The van der Waals surface area contributed by atoms with Gasteiger partial charge in [-0.05, 0) is 55.7 Å². The van der Waals surface area contributed by atoms with Crippen LogP contribution in [-0.2, 0) is 9.59 Å². The Hall–Kier alpha value is -3.12. The number of amides is 2. The molecule has 1 N–H and O–H groups in total. The van der Waals surface area contributed by atoms with Gasteiger partial charge in [-0.2, -0.15) is 0 Å². The Morgan fingerprint density at radius 3 is 2.35 bits per heavy atom. The molecule has 1 aliphatic carbocycles. The van der Waals surface area contributed by atoms with E-state index in [2.05, 4.69) is 5.32 Å². The summed E-state index contributed by atoms with van der Waals surface area (Å²) >= 11 is 6.21. The number of para-hydroxylation sites is 1. The largest absolute Gasteiger partial charge is 0.423 e. The fourth-order valence-electron chi connectivity index (χ4n) is 3.96. The highest BCUT2D eigenvalue weighted by Crippen LogP contribution is 2.32. The Morgan fingerprint density at radius 1 is 1.00 bits per heavy atom. The van der Waals surface area contributed by atoms with Crippen LogP contribution >= 0.6 is 11.6 Å². The maximum Gasteiger partial charge on any atom is 0.343 e. The number of ether oxygens (including phenoxy) is 1. The van der Waals surface area contributed by atoms with Crippen LogP contribution in [0.3, 0.4) is 0 Å². The monoisotopic (exact) mass is 438 g/mol. The lowest BCUT2D eigenvalue weighted by Crippen LogP contribution is -2.42. The van der Waals surface area contributed by atoms with Crippen molar-refractivity contribution in [1.82, 2.24) is 4.90 Å². The minimum absolute atomic E-state index is 0.0764. The summed E-state index contributed by atoms with van der Waals surface area (Å²) in [7, 11) is 0. The molecule has 0 aromatic heterocycles. The van der Waals surface area contributed by atoms with Crippen LogP contribution in [0.4, 0.5) is 5.69 Å². The molecule has 1 heterocycles. The van der Waals surface area contributed by atoms with Crippen LogP contribution in [0.1, 0.15) is 48.0 Å². The zero-order chi connectivity index (χ0) is 22.0. The fourth-order valence-corrected chi connectivity index (χ4v) is 4.18. The number of carbonyl (C=O) groups excluding carboxylic acids is 3. The first-order valence-corrected chi connectivity index (χ1v) is 10.8. The summed E-state index contributed by atoms with van der Waals surface area (Å²) in [5.41, 5.74) is 1.86. The summed E-state index contributed by atoms with van der Waals surface area (Å²) in [6.07, 6.45) is 4.75. The molecular weight excluding hydrogens is 416 g/mol. The lowest BCUT2D eigenvalue weighted by Gasteiger charge is -2.29. The zero-order valence-electron chi connectivity index (χ0n) is 17.2. The van der Waals surface area contributed by atoms with Crippen molar-refractivity contribution in [3.8, 4) is 5.75 Å². The molecule has 1 fully saturated rings. The van der Waals surface area contributed by atoms with E-state index in [0.29, 0.717) is 17.0 Å². The first kappa shape index (κ1) is 21.1. The van der Waals surface area contributed by atoms with Crippen LogP contribution in [0.25, 0.3) is 0 Å². The number of rotatable bonds is 5. The quantitative estimate of drug-likeness (QED) is 0.413. The van der Waals surface area contributed by atoms with Gasteiger partial charge < -0.3 is 10.1 Å². The summed E-state index contributed by atoms with van der Waals surface area (Å²) in [6, 6.07) is 13.7. The molecule has 2 aliphatic rings. The first-order chi connectivity index (χ1) is 15.0. The average Bonchev–Trinajstić information content (AvgIpc) is 2.99. The van der Waals surface area contributed by atoms with E-state index >= 15 is 0 Å². The van der Waals surface area contributed by atoms with Crippen LogP contribution in [-0.4, -0.2) is 28.7 Å². The second-order valence-corrected chi connectivity index (χ2v) is 8.20. The van der Waals surface area contributed by atoms with E-state index < -0.39 is 17.8 Å². The van der Waals surface area contributed by atoms with Crippen molar-refractivity contribution >= 4 is 35.1 Å². The molecule has 0 atom stereocenters. The van der Waals surface area contributed by atoms with Crippen LogP contribution in [0.5, 0.6) is 5.75 Å². The predicted molar refractivity (Wildman–Crippen MR) is 118 cm³/mol. The Labute approximate surface area is 185 Å². The zero-order valence-corrected chi connectivity index (χ0v) is 17.9. The molecule has 1 aliphatic heterocycles. The van der Waals surface area contributed by atoms with Crippen molar-refractivity contribution in [2.45, 2.75) is 45.1 Å². The third kappa shape index (κ3) is 4.35. The molecule has 7 heteroatoms. The summed E-state index contributed by atoms with van der Waals surface area (Å²) in [5, 5.41) is 2.85. The predicted octanol–water partition coefficient (Wildman–Crippen LogP) is 4.78. The normalized spacial score (nSPS) is 17.3. The number of carbonyl (C=O) groups is 3. The highest BCUT2D eigenvalue weighted by molar-refractivity contribution is 6.48. The van der Waals surface area contributed by atoms with E-state index in [1.54, 1.807) is 36.4 Å². The fraction of sp³-hybridized carbons (Fsp3) is 0.292. The lowest BCUT2D eigenvalue weighted by molar-refractivity contribution is -0.140. The van der Waals surface area contributed by atoms with Gasteiger partial charge in [-0.25, -0.2) is 4.79 Å². The molecule has 2 amide bonds. The van der Waals surface area contributed by atoms with Gasteiger partial charge >= 0.3 is 5.97 Å². The molecular formula is C24H23ClN2O4. The van der Waals surface area contributed by atoms with Gasteiger partial charge in [0.15, 0.2) is 0 Å². The molecule has 6 nitrogen and oxygen atoms in total. The van der Waals surface area contributed by atoms with E-state index in [9.17, 15) is 14.4 Å². The average molecular weight is 439 g/mol. The van der Waals surface area contributed by atoms with Crippen molar-refractivity contribution in [1.29, 1.82) is 0 Å². The molecule has 31 heavy (non-hydrogen) atoms. The minimum atomic E-state index is -0.478. The number of hydrogen-bond donors (Lipinski definition) is 1. The maximum atomic E-state index is 12.9. The summed E-state index contributed by atoms with van der Waals surface area (Å²) in [4.78, 5) is 39.1. The SMILES string of the molecule is Cc1ccccc1OC(=O)c1ccc(NC2=C(Cl)C(=O)N(C3CCCCC3)C2=O)cc1. The number of aryl methyl sites for hydroxylation is 1. The highest BCUT2D eigenvalue weighted by atomic mass is 35.5. The molecule has 2 aromatic rings. The van der Waals surface area contributed by atoms with Gasteiger partial charge in [0.25, 0.3) is 11.8 Å². The number of benzene rings is 2. The Balaban J connectivity index is 1.45. The lowest BCUT2D eigenvalue weighted by atomic mass is 9.94. The molecule has 0 spiro atoms. The van der Waals surface area contributed by atoms with Crippen LogP contribution in [0, 0.1) is 6.92 Å². The molecule has 2 aromatic carbocycles. The van der Waals surface area contributed by atoms with E-state index in [4.69, 9.17) is 16.3 Å². The van der Waals surface area contributed by atoms with Crippen molar-refractivity contribution in [3.05, 3.63) is 70.4 Å². The van der Waals surface area contributed by atoms with Gasteiger partial charge in [-0.1, -0.05) is 49.1 Å². The molecule has 0 radical (unpaired) electrons. The molecule has 0 bridgehead atoms. The first-order valence-electron chi connectivity index (χ1n) is 10.4. The van der Waals surface area contributed by atoms with E-state index in [0.717, 1.165) is 37.7 Å². The Kier molecular flexibility index (Phi) is 6.09. The molecule has 0 saturated heterocycles. The highest BCUT2D eigenvalue weighted by Gasteiger charge is 2.42. The van der Waals surface area contributed by atoms with Gasteiger partial charge in [0.1, 0.15) is 16.5 Å². The summed E-state index contributed by atoms with van der Waals surface area (Å²) in [5.74, 6) is -0.817. The maximum absolute atomic E-state index is 12.9.